The number of ether oxygens (including phenoxy) is 2. The zero-order valence-corrected chi connectivity index (χ0v) is 8.62. The molecule has 0 radical (unpaired) electrons. The average molecular weight is 213 g/mol. The Balaban J connectivity index is 2.10. The Morgan fingerprint density at radius 2 is 1.93 bits per heavy atom. The Morgan fingerprint density at radius 3 is 2.67 bits per heavy atom. The molecule has 1 aromatic rings. The quantitative estimate of drug-likeness (QED) is 0.695. The predicted octanol–water partition coefficient (Wildman–Crippen LogP) is 1.32. The smallest absolute Gasteiger partial charge is 0.123 e. The monoisotopic (exact) mass is 213 g/mol. The van der Waals surface area contributed by atoms with E-state index in [4.69, 9.17) is 15.2 Å². The van der Waals surface area contributed by atoms with E-state index in [9.17, 15) is 4.39 Å². The molecule has 0 unspecified atom stereocenters. The van der Waals surface area contributed by atoms with E-state index >= 15 is 0 Å². The van der Waals surface area contributed by atoms with Crippen LogP contribution >= 0.6 is 0 Å². The maximum atomic E-state index is 12.7. The molecule has 0 aliphatic rings. The minimum Gasteiger partial charge on any atom is -0.378 e. The lowest BCUT2D eigenvalue weighted by atomic mass is 10.2. The Hall–Kier alpha value is -0.970. The van der Waals surface area contributed by atoms with Crippen molar-refractivity contribution in [3.05, 3.63) is 35.6 Å². The summed E-state index contributed by atoms with van der Waals surface area (Å²) in [4.78, 5) is 0. The first-order valence-corrected chi connectivity index (χ1v) is 4.93. The summed E-state index contributed by atoms with van der Waals surface area (Å²) >= 11 is 0. The van der Waals surface area contributed by atoms with Gasteiger partial charge in [-0.3, -0.25) is 0 Å². The summed E-state index contributed by atoms with van der Waals surface area (Å²) < 4.78 is 23.2. The van der Waals surface area contributed by atoms with Gasteiger partial charge in [-0.15, -0.1) is 0 Å². The van der Waals surface area contributed by atoms with Crippen LogP contribution in [0.1, 0.15) is 5.56 Å². The van der Waals surface area contributed by atoms with Crippen molar-refractivity contribution in [2.24, 2.45) is 5.73 Å². The van der Waals surface area contributed by atoms with Crippen LogP contribution in [0.2, 0.25) is 0 Å². The van der Waals surface area contributed by atoms with Gasteiger partial charge in [0.15, 0.2) is 0 Å². The molecule has 0 fully saturated rings. The molecule has 0 atom stereocenters. The molecule has 0 saturated heterocycles. The molecule has 0 aromatic heterocycles. The summed E-state index contributed by atoms with van der Waals surface area (Å²) in [6.07, 6.45) is 0. The zero-order valence-electron chi connectivity index (χ0n) is 8.62. The molecule has 3 nitrogen and oxygen atoms in total. The number of hydrogen-bond acceptors (Lipinski definition) is 3. The minimum absolute atomic E-state index is 0.240. The molecule has 0 bridgehead atoms. The highest BCUT2D eigenvalue weighted by molar-refractivity contribution is 5.15. The van der Waals surface area contributed by atoms with Crippen LogP contribution in [0, 0.1) is 5.82 Å². The predicted molar refractivity (Wildman–Crippen MR) is 55.9 cm³/mol. The molecular weight excluding hydrogens is 197 g/mol. The minimum atomic E-state index is -0.240. The van der Waals surface area contributed by atoms with Gasteiger partial charge in [-0.05, 0) is 17.7 Å². The second-order valence-corrected chi connectivity index (χ2v) is 3.08. The van der Waals surface area contributed by atoms with E-state index in [2.05, 4.69) is 0 Å². The molecule has 0 amide bonds. The first-order chi connectivity index (χ1) is 7.33. The van der Waals surface area contributed by atoms with Crippen molar-refractivity contribution in [1.82, 2.24) is 0 Å². The standard InChI is InChI=1S/C11H16FNO2/c12-11-3-1-2-10(8-11)9-15-7-6-14-5-4-13/h1-3,8H,4-7,9,13H2. The van der Waals surface area contributed by atoms with E-state index < -0.39 is 0 Å². The van der Waals surface area contributed by atoms with Crippen molar-refractivity contribution in [3.63, 3.8) is 0 Å². The molecule has 0 aliphatic heterocycles. The highest BCUT2D eigenvalue weighted by atomic mass is 19.1. The number of hydrogen-bond donors (Lipinski definition) is 1. The Labute approximate surface area is 89.0 Å². The Kier molecular flexibility index (Phi) is 5.92. The van der Waals surface area contributed by atoms with E-state index in [0.29, 0.717) is 33.0 Å². The van der Waals surface area contributed by atoms with Crippen molar-refractivity contribution in [2.45, 2.75) is 6.61 Å². The van der Waals surface area contributed by atoms with Crippen LogP contribution < -0.4 is 5.73 Å². The molecule has 84 valence electrons. The fourth-order valence-electron chi connectivity index (χ4n) is 1.12. The number of halogens is 1. The number of rotatable bonds is 7. The van der Waals surface area contributed by atoms with E-state index in [1.807, 2.05) is 6.07 Å². The lowest BCUT2D eigenvalue weighted by Crippen LogP contribution is -2.11. The van der Waals surface area contributed by atoms with Crippen molar-refractivity contribution >= 4 is 0 Å². The third-order valence-corrected chi connectivity index (χ3v) is 1.79. The molecule has 0 aliphatic carbocycles. The molecule has 0 saturated carbocycles. The maximum Gasteiger partial charge on any atom is 0.123 e. The van der Waals surface area contributed by atoms with Crippen LogP contribution in [-0.2, 0) is 16.1 Å². The van der Waals surface area contributed by atoms with Gasteiger partial charge in [-0.2, -0.15) is 0 Å². The van der Waals surface area contributed by atoms with Gasteiger partial charge in [0.25, 0.3) is 0 Å². The summed E-state index contributed by atoms with van der Waals surface area (Å²) in [5, 5.41) is 0. The SMILES string of the molecule is NCCOCCOCc1cccc(F)c1. The van der Waals surface area contributed by atoms with Gasteiger partial charge in [-0.1, -0.05) is 12.1 Å². The third kappa shape index (κ3) is 5.47. The van der Waals surface area contributed by atoms with E-state index in [1.54, 1.807) is 6.07 Å². The van der Waals surface area contributed by atoms with Gasteiger partial charge in [0, 0.05) is 6.54 Å². The highest BCUT2D eigenvalue weighted by Gasteiger charge is 1.95. The number of benzene rings is 1. The van der Waals surface area contributed by atoms with Gasteiger partial charge < -0.3 is 15.2 Å². The van der Waals surface area contributed by atoms with Gasteiger partial charge >= 0.3 is 0 Å². The fraction of sp³-hybridized carbons (Fsp3) is 0.455. The van der Waals surface area contributed by atoms with Gasteiger partial charge in [-0.25, -0.2) is 4.39 Å². The third-order valence-electron chi connectivity index (χ3n) is 1.79. The Morgan fingerprint density at radius 1 is 1.13 bits per heavy atom. The topological polar surface area (TPSA) is 44.5 Å². The largest absolute Gasteiger partial charge is 0.378 e. The second-order valence-electron chi connectivity index (χ2n) is 3.08. The molecular formula is C11H16FNO2. The van der Waals surface area contributed by atoms with E-state index in [-0.39, 0.29) is 5.82 Å². The Bertz CT molecular complexity index is 281. The molecule has 0 heterocycles. The first kappa shape index (κ1) is 12.1. The number of nitrogens with two attached hydrogens (primary N) is 1. The summed E-state index contributed by atoms with van der Waals surface area (Å²) in [7, 11) is 0. The summed E-state index contributed by atoms with van der Waals surface area (Å²) in [5.41, 5.74) is 6.07. The van der Waals surface area contributed by atoms with Crippen LogP contribution in [0.25, 0.3) is 0 Å². The van der Waals surface area contributed by atoms with Crippen molar-refractivity contribution in [3.8, 4) is 0 Å². The van der Waals surface area contributed by atoms with E-state index in [0.717, 1.165) is 5.56 Å². The normalized spacial score (nSPS) is 10.5. The zero-order chi connectivity index (χ0) is 10.9. The van der Waals surface area contributed by atoms with Gasteiger partial charge in [0.05, 0.1) is 26.4 Å². The maximum absolute atomic E-state index is 12.7. The second kappa shape index (κ2) is 7.34. The summed E-state index contributed by atoms with van der Waals surface area (Å²) in [6, 6.07) is 6.36. The van der Waals surface area contributed by atoms with Crippen molar-refractivity contribution < 1.29 is 13.9 Å². The lowest BCUT2D eigenvalue weighted by Gasteiger charge is -2.05. The van der Waals surface area contributed by atoms with Crippen molar-refractivity contribution in [2.75, 3.05) is 26.4 Å². The summed E-state index contributed by atoms with van der Waals surface area (Å²) in [5.74, 6) is -0.240. The first-order valence-electron chi connectivity index (χ1n) is 4.93. The molecule has 4 heteroatoms. The summed E-state index contributed by atoms with van der Waals surface area (Å²) in [6.45, 7) is 2.49. The van der Waals surface area contributed by atoms with Crippen molar-refractivity contribution in [1.29, 1.82) is 0 Å². The van der Waals surface area contributed by atoms with Crippen LogP contribution in [0.15, 0.2) is 24.3 Å². The van der Waals surface area contributed by atoms with Crippen LogP contribution in [0.3, 0.4) is 0 Å². The van der Waals surface area contributed by atoms with Gasteiger partial charge in [0.2, 0.25) is 0 Å². The molecule has 1 aromatic carbocycles. The van der Waals surface area contributed by atoms with Gasteiger partial charge in [0.1, 0.15) is 5.82 Å². The van der Waals surface area contributed by atoms with Crippen LogP contribution in [0.4, 0.5) is 4.39 Å². The average Bonchev–Trinajstić information content (AvgIpc) is 2.23. The van der Waals surface area contributed by atoms with Crippen LogP contribution in [0.5, 0.6) is 0 Å². The molecule has 0 spiro atoms. The highest BCUT2D eigenvalue weighted by Crippen LogP contribution is 2.04. The molecule has 2 N–H and O–H groups in total. The molecule has 1 rings (SSSR count). The van der Waals surface area contributed by atoms with E-state index in [1.165, 1.54) is 12.1 Å². The lowest BCUT2D eigenvalue weighted by molar-refractivity contribution is 0.0433. The van der Waals surface area contributed by atoms with Crippen LogP contribution in [-0.4, -0.2) is 26.4 Å². The fourth-order valence-corrected chi connectivity index (χ4v) is 1.12. The molecule has 15 heavy (non-hydrogen) atoms.